The summed E-state index contributed by atoms with van der Waals surface area (Å²) in [5, 5.41) is 19.1. The van der Waals surface area contributed by atoms with Crippen molar-refractivity contribution in [2.75, 3.05) is 13.1 Å². The summed E-state index contributed by atoms with van der Waals surface area (Å²) >= 11 is 0. The number of carbonyl (C=O) groups excluding carboxylic acids is 1. The Balaban J connectivity index is 1.68. The zero-order chi connectivity index (χ0) is 17.9. The Kier molecular flexibility index (Phi) is 4.74. The molecule has 1 heterocycles. The smallest absolute Gasteiger partial charge is 0.314 e. The number of nitrogens with zero attached hydrogens (tertiary/aromatic N) is 1. The third-order valence-corrected chi connectivity index (χ3v) is 5.00. The third kappa shape index (κ3) is 3.50. The molecule has 2 aromatic rings. The Labute approximate surface area is 146 Å². The fourth-order valence-electron chi connectivity index (χ4n) is 3.42. The van der Waals surface area contributed by atoms with Gasteiger partial charge in [0.15, 0.2) is 0 Å². The van der Waals surface area contributed by atoms with E-state index in [0.29, 0.717) is 25.9 Å². The number of phenolic OH excluding ortho intramolecular Hbond substituents is 1. The molecule has 0 saturated carbocycles. The van der Waals surface area contributed by atoms with E-state index < -0.39 is 11.4 Å². The molecule has 5 nitrogen and oxygen atoms in total. The Hall–Kier alpha value is -2.82. The number of aliphatic carboxylic acids is 1. The van der Waals surface area contributed by atoms with Crippen molar-refractivity contribution in [1.82, 2.24) is 4.90 Å². The van der Waals surface area contributed by atoms with Crippen LogP contribution in [0.2, 0.25) is 0 Å². The van der Waals surface area contributed by atoms with Crippen molar-refractivity contribution in [2.45, 2.75) is 24.7 Å². The van der Waals surface area contributed by atoms with Gasteiger partial charge in [0.2, 0.25) is 5.91 Å². The largest absolute Gasteiger partial charge is 0.508 e. The summed E-state index contributed by atoms with van der Waals surface area (Å²) in [5.41, 5.74) is 0.713. The van der Waals surface area contributed by atoms with Crippen molar-refractivity contribution in [2.24, 2.45) is 0 Å². The van der Waals surface area contributed by atoms with Gasteiger partial charge in [0.05, 0.1) is 11.8 Å². The average Bonchev–Trinajstić information content (AvgIpc) is 2.64. The molecule has 0 spiro atoms. The van der Waals surface area contributed by atoms with Crippen molar-refractivity contribution >= 4 is 11.9 Å². The molecule has 0 bridgehead atoms. The first-order chi connectivity index (χ1) is 12.0. The number of phenols is 1. The minimum absolute atomic E-state index is 0.0160. The summed E-state index contributed by atoms with van der Waals surface area (Å²) in [4.78, 5) is 26.2. The average molecular weight is 339 g/mol. The minimum Gasteiger partial charge on any atom is -0.508 e. The van der Waals surface area contributed by atoms with Gasteiger partial charge in [0, 0.05) is 13.1 Å². The number of rotatable bonds is 4. The van der Waals surface area contributed by atoms with Crippen molar-refractivity contribution in [1.29, 1.82) is 0 Å². The quantitative estimate of drug-likeness (QED) is 0.897. The minimum atomic E-state index is -0.920. The van der Waals surface area contributed by atoms with Gasteiger partial charge >= 0.3 is 5.97 Å². The fraction of sp³-hybridized carbons (Fsp3) is 0.300. The predicted octanol–water partition coefficient (Wildman–Crippen LogP) is 2.58. The maximum atomic E-state index is 12.5. The summed E-state index contributed by atoms with van der Waals surface area (Å²) in [6, 6.07) is 15.8. The highest BCUT2D eigenvalue weighted by Gasteiger charge is 2.43. The molecule has 130 valence electrons. The molecule has 1 aliphatic heterocycles. The van der Waals surface area contributed by atoms with E-state index in [-0.39, 0.29) is 18.1 Å². The van der Waals surface area contributed by atoms with Gasteiger partial charge in [-0.2, -0.15) is 0 Å². The van der Waals surface area contributed by atoms with Crippen LogP contribution in [0.3, 0.4) is 0 Å². The number of benzene rings is 2. The molecule has 25 heavy (non-hydrogen) atoms. The first-order valence-electron chi connectivity index (χ1n) is 8.36. The number of carbonyl (C=O) groups is 2. The first-order valence-corrected chi connectivity index (χ1v) is 8.36. The molecule has 2 aromatic carbocycles. The zero-order valence-electron chi connectivity index (χ0n) is 13.9. The zero-order valence-corrected chi connectivity index (χ0v) is 13.9. The van der Waals surface area contributed by atoms with Crippen molar-refractivity contribution < 1.29 is 19.8 Å². The molecular formula is C20H21NO4. The summed E-state index contributed by atoms with van der Waals surface area (Å²) in [6.07, 6.45) is 1.08. The number of hydrogen-bond acceptors (Lipinski definition) is 3. The van der Waals surface area contributed by atoms with Gasteiger partial charge in [-0.05, 0) is 36.1 Å². The van der Waals surface area contributed by atoms with E-state index in [9.17, 15) is 19.8 Å². The van der Waals surface area contributed by atoms with Crippen LogP contribution in [0.15, 0.2) is 54.6 Å². The van der Waals surface area contributed by atoms with Gasteiger partial charge in [0.25, 0.3) is 0 Å². The number of piperidine rings is 1. The molecule has 2 N–H and O–H groups in total. The van der Waals surface area contributed by atoms with Crippen LogP contribution in [-0.4, -0.2) is 40.1 Å². The van der Waals surface area contributed by atoms with E-state index in [1.807, 2.05) is 30.3 Å². The van der Waals surface area contributed by atoms with E-state index in [1.54, 1.807) is 29.2 Å². The van der Waals surface area contributed by atoms with Crippen LogP contribution < -0.4 is 0 Å². The molecule has 3 rings (SSSR count). The molecule has 1 aliphatic rings. The number of hydrogen-bond donors (Lipinski definition) is 2. The lowest BCUT2D eigenvalue weighted by Crippen LogP contribution is -2.49. The summed E-state index contributed by atoms with van der Waals surface area (Å²) in [6.45, 7) is 0.857. The number of carboxylic acid groups (broad SMARTS) is 1. The number of aromatic hydroxyl groups is 1. The van der Waals surface area contributed by atoms with Crippen molar-refractivity contribution in [3.8, 4) is 5.75 Å². The van der Waals surface area contributed by atoms with Crippen LogP contribution in [0.4, 0.5) is 0 Å². The van der Waals surface area contributed by atoms with Crippen LogP contribution in [0.5, 0.6) is 5.75 Å². The Bertz CT molecular complexity index is 747. The molecule has 0 aromatic heterocycles. The highest BCUT2D eigenvalue weighted by atomic mass is 16.4. The van der Waals surface area contributed by atoms with Crippen molar-refractivity contribution in [3.05, 3.63) is 65.7 Å². The Morgan fingerprint density at radius 3 is 2.12 bits per heavy atom. The normalized spacial score (nSPS) is 16.4. The Morgan fingerprint density at radius 1 is 0.960 bits per heavy atom. The standard InChI is InChI=1S/C20H21NO4/c22-17-8-6-15(7-9-17)14-18(23)21-12-10-20(11-13-21,19(24)25)16-4-2-1-3-5-16/h1-9,22H,10-14H2,(H,24,25). The van der Waals surface area contributed by atoms with E-state index in [1.165, 1.54) is 0 Å². The lowest BCUT2D eigenvalue weighted by molar-refractivity contribution is -0.148. The molecule has 0 atom stereocenters. The number of likely N-dealkylation sites (tertiary alicyclic amines) is 1. The highest BCUT2D eigenvalue weighted by molar-refractivity contribution is 5.83. The number of amides is 1. The Morgan fingerprint density at radius 2 is 1.56 bits per heavy atom. The molecule has 0 radical (unpaired) electrons. The molecule has 0 aliphatic carbocycles. The van der Waals surface area contributed by atoms with Crippen LogP contribution in [0.25, 0.3) is 0 Å². The lowest BCUT2D eigenvalue weighted by Gasteiger charge is -2.39. The lowest BCUT2D eigenvalue weighted by atomic mass is 9.73. The molecule has 0 unspecified atom stereocenters. The summed E-state index contributed by atoms with van der Waals surface area (Å²) in [7, 11) is 0. The van der Waals surface area contributed by atoms with Crippen LogP contribution in [-0.2, 0) is 21.4 Å². The maximum absolute atomic E-state index is 12.5. The van der Waals surface area contributed by atoms with Gasteiger partial charge in [-0.15, -0.1) is 0 Å². The molecule has 1 amide bonds. The summed E-state index contributed by atoms with van der Waals surface area (Å²) < 4.78 is 0. The van der Waals surface area contributed by atoms with E-state index >= 15 is 0 Å². The maximum Gasteiger partial charge on any atom is 0.314 e. The summed E-state index contributed by atoms with van der Waals surface area (Å²) in [5.74, 6) is -0.676. The molecular weight excluding hydrogens is 318 g/mol. The molecule has 1 fully saturated rings. The highest BCUT2D eigenvalue weighted by Crippen LogP contribution is 2.36. The first kappa shape index (κ1) is 17.0. The van der Waals surface area contributed by atoms with Gasteiger partial charge in [-0.3, -0.25) is 9.59 Å². The van der Waals surface area contributed by atoms with Crippen LogP contribution in [0, 0.1) is 0 Å². The third-order valence-electron chi connectivity index (χ3n) is 5.00. The van der Waals surface area contributed by atoms with Gasteiger partial charge < -0.3 is 15.1 Å². The second-order valence-corrected chi connectivity index (χ2v) is 6.48. The van der Waals surface area contributed by atoms with Gasteiger partial charge in [-0.1, -0.05) is 42.5 Å². The SMILES string of the molecule is O=C(Cc1ccc(O)cc1)N1CCC(C(=O)O)(c2ccccc2)CC1. The van der Waals surface area contributed by atoms with E-state index in [0.717, 1.165) is 11.1 Å². The topological polar surface area (TPSA) is 77.8 Å². The molecule has 5 heteroatoms. The molecule has 1 saturated heterocycles. The van der Waals surface area contributed by atoms with Crippen LogP contribution >= 0.6 is 0 Å². The van der Waals surface area contributed by atoms with Gasteiger partial charge in [0.1, 0.15) is 5.75 Å². The van der Waals surface area contributed by atoms with Gasteiger partial charge in [-0.25, -0.2) is 0 Å². The van der Waals surface area contributed by atoms with Crippen LogP contribution in [0.1, 0.15) is 24.0 Å². The fourth-order valence-corrected chi connectivity index (χ4v) is 3.42. The second kappa shape index (κ2) is 6.97. The van der Waals surface area contributed by atoms with Crippen molar-refractivity contribution in [3.63, 3.8) is 0 Å². The van der Waals surface area contributed by atoms with E-state index in [4.69, 9.17) is 0 Å². The monoisotopic (exact) mass is 339 g/mol. The second-order valence-electron chi connectivity index (χ2n) is 6.48. The van der Waals surface area contributed by atoms with E-state index in [2.05, 4.69) is 0 Å². The predicted molar refractivity (Wildman–Crippen MR) is 93.4 cm³/mol. The number of carboxylic acids is 1.